The second-order valence-corrected chi connectivity index (χ2v) is 8.66. The molecular weight excluding hydrogens is 296 g/mol. The Morgan fingerprint density at radius 2 is 1.71 bits per heavy atom. The standard InChI is InChI=1S/C21H36N2O/c1-16(2)12-14-23(15-17(3)20(22)24)19-9-7-18(8-10-19)11-13-21(4,5)6/h7-10,16-17H,11-15H2,1-6H3,(H2,22,24). The fourth-order valence-corrected chi connectivity index (χ4v) is 2.55. The quantitative estimate of drug-likeness (QED) is 0.716. The fourth-order valence-electron chi connectivity index (χ4n) is 2.55. The monoisotopic (exact) mass is 332 g/mol. The van der Waals surface area contributed by atoms with Gasteiger partial charge < -0.3 is 10.6 Å². The fraction of sp³-hybridized carbons (Fsp3) is 0.667. The number of nitrogens with two attached hydrogens (primary N) is 1. The first kappa shape index (κ1) is 20.5. The van der Waals surface area contributed by atoms with Gasteiger partial charge in [0.05, 0.1) is 5.92 Å². The Morgan fingerprint density at radius 3 is 2.17 bits per heavy atom. The number of carbonyl (C=O) groups is 1. The zero-order valence-electron chi connectivity index (χ0n) is 16.4. The number of hydrogen-bond acceptors (Lipinski definition) is 2. The maximum atomic E-state index is 11.4. The van der Waals surface area contributed by atoms with Crippen molar-refractivity contribution in [3.8, 4) is 0 Å². The smallest absolute Gasteiger partial charge is 0.222 e. The summed E-state index contributed by atoms with van der Waals surface area (Å²) in [7, 11) is 0. The number of hydrogen-bond donors (Lipinski definition) is 1. The highest BCUT2D eigenvalue weighted by molar-refractivity contribution is 5.77. The van der Waals surface area contributed by atoms with Crippen molar-refractivity contribution in [2.24, 2.45) is 23.0 Å². The SMILES string of the molecule is CC(C)CCN(CC(C)C(N)=O)c1ccc(CCC(C)(C)C)cc1. The summed E-state index contributed by atoms with van der Waals surface area (Å²) in [5.41, 5.74) is 8.38. The Balaban J connectivity index is 2.79. The van der Waals surface area contributed by atoms with E-state index < -0.39 is 0 Å². The van der Waals surface area contributed by atoms with Crippen LogP contribution in [0.4, 0.5) is 5.69 Å². The second kappa shape index (κ2) is 9.10. The predicted molar refractivity (Wildman–Crippen MR) is 104 cm³/mol. The number of benzene rings is 1. The van der Waals surface area contributed by atoms with Crippen molar-refractivity contribution in [1.82, 2.24) is 0 Å². The molecule has 1 atom stereocenters. The molecule has 1 aromatic carbocycles. The molecular formula is C21H36N2O. The summed E-state index contributed by atoms with van der Waals surface area (Å²) in [6.07, 6.45) is 3.40. The first-order valence-electron chi connectivity index (χ1n) is 9.21. The van der Waals surface area contributed by atoms with Gasteiger partial charge in [0, 0.05) is 18.8 Å². The molecule has 0 fully saturated rings. The number of aryl methyl sites for hydroxylation is 1. The number of rotatable bonds is 9. The van der Waals surface area contributed by atoms with E-state index in [0.717, 1.165) is 19.4 Å². The van der Waals surface area contributed by atoms with E-state index in [1.54, 1.807) is 0 Å². The van der Waals surface area contributed by atoms with Crippen molar-refractivity contribution in [3.63, 3.8) is 0 Å². The van der Waals surface area contributed by atoms with Crippen molar-refractivity contribution in [2.75, 3.05) is 18.0 Å². The molecule has 0 bridgehead atoms. The van der Waals surface area contributed by atoms with E-state index in [9.17, 15) is 4.79 Å². The lowest BCUT2D eigenvalue weighted by atomic mass is 9.89. The Bertz CT molecular complexity index is 500. The molecule has 3 nitrogen and oxygen atoms in total. The minimum Gasteiger partial charge on any atom is -0.371 e. The Morgan fingerprint density at radius 1 is 1.12 bits per heavy atom. The van der Waals surface area contributed by atoms with Crippen LogP contribution in [-0.2, 0) is 11.2 Å². The lowest BCUT2D eigenvalue weighted by Crippen LogP contribution is -2.35. The molecule has 1 unspecified atom stereocenters. The number of nitrogens with zero attached hydrogens (tertiary/aromatic N) is 1. The minimum absolute atomic E-state index is 0.141. The molecule has 1 aromatic rings. The molecule has 136 valence electrons. The van der Waals surface area contributed by atoms with Gasteiger partial charge in [0.25, 0.3) is 0 Å². The summed E-state index contributed by atoms with van der Waals surface area (Å²) in [6.45, 7) is 14.8. The van der Waals surface area contributed by atoms with Crippen molar-refractivity contribution >= 4 is 11.6 Å². The van der Waals surface area contributed by atoms with E-state index in [4.69, 9.17) is 5.73 Å². The van der Waals surface area contributed by atoms with Crippen LogP contribution in [0.3, 0.4) is 0 Å². The molecule has 0 radical (unpaired) electrons. The second-order valence-electron chi connectivity index (χ2n) is 8.66. The third-order valence-electron chi connectivity index (χ3n) is 4.42. The minimum atomic E-state index is -0.230. The number of carbonyl (C=O) groups excluding carboxylic acids is 1. The van der Waals surface area contributed by atoms with Crippen LogP contribution in [0.1, 0.15) is 59.9 Å². The molecule has 0 saturated carbocycles. The lowest BCUT2D eigenvalue weighted by Gasteiger charge is -2.28. The third kappa shape index (κ3) is 7.85. The summed E-state index contributed by atoms with van der Waals surface area (Å²) in [6, 6.07) is 8.81. The molecule has 0 aromatic heterocycles. The van der Waals surface area contributed by atoms with Crippen LogP contribution in [0.25, 0.3) is 0 Å². The summed E-state index contributed by atoms with van der Waals surface area (Å²) in [5, 5.41) is 0. The Kier molecular flexibility index (Phi) is 7.78. The van der Waals surface area contributed by atoms with Crippen molar-refractivity contribution in [3.05, 3.63) is 29.8 Å². The Labute approximate surface area is 148 Å². The van der Waals surface area contributed by atoms with Crippen LogP contribution in [0.2, 0.25) is 0 Å². The molecule has 0 spiro atoms. The summed E-state index contributed by atoms with van der Waals surface area (Å²) < 4.78 is 0. The summed E-state index contributed by atoms with van der Waals surface area (Å²) in [5.74, 6) is 0.270. The molecule has 2 N–H and O–H groups in total. The molecule has 24 heavy (non-hydrogen) atoms. The average molecular weight is 333 g/mol. The molecule has 0 saturated heterocycles. The van der Waals surface area contributed by atoms with E-state index in [1.165, 1.54) is 17.7 Å². The number of amides is 1. The van der Waals surface area contributed by atoms with Gasteiger partial charge in [-0.05, 0) is 48.3 Å². The predicted octanol–water partition coefficient (Wildman–Crippen LogP) is 4.64. The zero-order valence-corrected chi connectivity index (χ0v) is 16.4. The van der Waals surface area contributed by atoms with Crippen molar-refractivity contribution in [1.29, 1.82) is 0 Å². The first-order valence-corrected chi connectivity index (χ1v) is 9.21. The molecule has 0 aliphatic rings. The Hall–Kier alpha value is -1.51. The van der Waals surface area contributed by atoms with Gasteiger partial charge in [0.2, 0.25) is 5.91 Å². The largest absolute Gasteiger partial charge is 0.371 e. The zero-order chi connectivity index (χ0) is 18.3. The highest BCUT2D eigenvalue weighted by atomic mass is 16.1. The number of anilines is 1. The molecule has 0 heterocycles. The van der Waals surface area contributed by atoms with Crippen LogP contribution >= 0.6 is 0 Å². The van der Waals surface area contributed by atoms with E-state index in [0.29, 0.717) is 17.9 Å². The highest BCUT2D eigenvalue weighted by Gasteiger charge is 2.16. The van der Waals surface area contributed by atoms with Gasteiger partial charge in [0.15, 0.2) is 0 Å². The van der Waals surface area contributed by atoms with E-state index >= 15 is 0 Å². The number of primary amides is 1. The third-order valence-corrected chi connectivity index (χ3v) is 4.42. The molecule has 0 aliphatic heterocycles. The normalized spacial score (nSPS) is 13.1. The molecule has 0 aliphatic carbocycles. The van der Waals surface area contributed by atoms with Crippen LogP contribution < -0.4 is 10.6 Å². The van der Waals surface area contributed by atoms with Crippen LogP contribution in [0.5, 0.6) is 0 Å². The van der Waals surface area contributed by atoms with Gasteiger partial charge in [-0.3, -0.25) is 4.79 Å². The van der Waals surface area contributed by atoms with E-state index in [2.05, 4.69) is 63.8 Å². The van der Waals surface area contributed by atoms with Gasteiger partial charge in [-0.1, -0.05) is 53.7 Å². The van der Waals surface area contributed by atoms with E-state index in [1.807, 2.05) is 6.92 Å². The van der Waals surface area contributed by atoms with Gasteiger partial charge in [0.1, 0.15) is 0 Å². The van der Waals surface area contributed by atoms with Gasteiger partial charge in [-0.25, -0.2) is 0 Å². The lowest BCUT2D eigenvalue weighted by molar-refractivity contribution is -0.121. The topological polar surface area (TPSA) is 46.3 Å². The van der Waals surface area contributed by atoms with Crippen molar-refractivity contribution < 1.29 is 4.79 Å². The molecule has 3 heteroatoms. The summed E-state index contributed by atoms with van der Waals surface area (Å²) >= 11 is 0. The molecule has 1 rings (SSSR count). The highest BCUT2D eigenvalue weighted by Crippen LogP contribution is 2.23. The first-order chi connectivity index (χ1) is 11.1. The maximum absolute atomic E-state index is 11.4. The maximum Gasteiger partial charge on any atom is 0.222 e. The van der Waals surface area contributed by atoms with Gasteiger partial charge in [-0.15, -0.1) is 0 Å². The van der Waals surface area contributed by atoms with Gasteiger partial charge >= 0.3 is 0 Å². The van der Waals surface area contributed by atoms with Gasteiger partial charge in [-0.2, -0.15) is 0 Å². The van der Waals surface area contributed by atoms with Crippen molar-refractivity contribution in [2.45, 2.75) is 60.8 Å². The van der Waals surface area contributed by atoms with Crippen LogP contribution in [0.15, 0.2) is 24.3 Å². The van der Waals surface area contributed by atoms with Crippen LogP contribution in [0, 0.1) is 17.3 Å². The molecule has 1 amide bonds. The van der Waals surface area contributed by atoms with E-state index in [-0.39, 0.29) is 11.8 Å². The summed E-state index contributed by atoms with van der Waals surface area (Å²) in [4.78, 5) is 13.7. The van der Waals surface area contributed by atoms with Crippen LogP contribution in [-0.4, -0.2) is 19.0 Å². The average Bonchev–Trinajstić information content (AvgIpc) is 2.48.